The number of carbonyl (C=O) groups excluding carboxylic acids is 1. The van der Waals surface area contributed by atoms with Gasteiger partial charge in [0.05, 0.1) is 17.0 Å². The fraction of sp³-hybridized carbons (Fsp3) is 0.273. The first kappa shape index (κ1) is 18.5. The van der Waals surface area contributed by atoms with Crippen LogP contribution in [0.3, 0.4) is 0 Å². The average molecular weight is 365 g/mol. The van der Waals surface area contributed by atoms with Crippen LogP contribution < -0.4 is 0 Å². The third-order valence-corrected chi connectivity index (χ3v) is 5.54. The maximum absolute atomic E-state index is 12.4. The van der Waals surface area contributed by atoms with E-state index in [0.29, 0.717) is 12.2 Å². The van der Waals surface area contributed by atoms with Gasteiger partial charge in [-0.05, 0) is 30.5 Å². The summed E-state index contributed by atoms with van der Waals surface area (Å²) >= 11 is 1.59. The predicted octanol–water partition coefficient (Wildman–Crippen LogP) is 4.71. The maximum atomic E-state index is 12.4. The van der Waals surface area contributed by atoms with E-state index in [1.807, 2.05) is 30.5 Å². The number of imidazole rings is 1. The molecule has 1 aromatic heterocycles. The zero-order chi connectivity index (χ0) is 18.4. The maximum Gasteiger partial charge on any atom is 0.147 e. The molecule has 0 amide bonds. The second-order valence-corrected chi connectivity index (χ2v) is 7.35. The lowest BCUT2D eigenvalue weighted by Gasteiger charge is -2.09. The van der Waals surface area contributed by atoms with Crippen LogP contribution in [0.2, 0.25) is 0 Å². The van der Waals surface area contributed by atoms with E-state index in [-0.39, 0.29) is 5.78 Å². The molecule has 0 aliphatic carbocycles. The number of hydrogen-bond donors (Lipinski definition) is 0. The van der Waals surface area contributed by atoms with Crippen molar-refractivity contribution in [1.82, 2.24) is 9.55 Å². The van der Waals surface area contributed by atoms with Gasteiger partial charge in [0.1, 0.15) is 11.6 Å². The molecule has 0 bridgehead atoms. The molecule has 0 radical (unpaired) electrons. The number of carbonyl (C=O) groups is 1. The molecule has 4 heteroatoms. The van der Waals surface area contributed by atoms with Crippen LogP contribution in [0.25, 0.3) is 0 Å². The summed E-state index contributed by atoms with van der Waals surface area (Å²) in [5.74, 6) is 1.77. The first-order valence-electron chi connectivity index (χ1n) is 8.94. The summed E-state index contributed by atoms with van der Waals surface area (Å²) in [5, 5.41) is 1.07. The monoisotopic (exact) mass is 364 g/mol. The Bertz CT molecular complexity index is 871. The minimum atomic E-state index is 0.248. The number of Topliss-reactive ketones (excluding diaryl/α,β-unsaturated/α-hetero) is 1. The highest BCUT2D eigenvalue weighted by atomic mass is 32.2. The van der Waals surface area contributed by atoms with Crippen LogP contribution in [0.1, 0.15) is 29.4 Å². The highest BCUT2D eigenvalue weighted by Crippen LogP contribution is 2.22. The molecule has 26 heavy (non-hydrogen) atoms. The number of ketones is 1. The van der Waals surface area contributed by atoms with Crippen molar-refractivity contribution in [3.05, 3.63) is 83.3 Å². The molecule has 3 nitrogen and oxygen atoms in total. The summed E-state index contributed by atoms with van der Waals surface area (Å²) in [7, 11) is 0. The summed E-state index contributed by atoms with van der Waals surface area (Å²) in [6.45, 7) is 5.03. The highest BCUT2D eigenvalue weighted by Gasteiger charge is 2.12. The average Bonchev–Trinajstić information content (AvgIpc) is 3.04. The Hall–Kier alpha value is -2.33. The van der Waals surface area contributed by atoms with Crippen molar-refractivity contribution in [3.63, 3.8) is 0 Å². The Morgan fingerprint density at radius 3 is 2.54 bits per heavy atom. The van der Waals surface area contributed by atoms with Gasteiger partial charge in [0.15, 0.2) is 0 Å². The van der Waals surface area contributed by atoms with Crippen LogP contribution in [-0.4, -0.2) is 21.1 Å². The zero-order valence-corrected chi connectivity index (χ0v) is 16.1. The summed E-state index contributed by atoms with van der Waals surface area (Å²) < 4.78 is 2.21. The minimum Gasteiger partial charge on any atom is -0.323 e. The van der Waals surface area contributed by atoms with Crippen molar-refractivity contribution in [3.8, 4) is 0 Å². The van der Waals surface area contributed by atoms with E-state index >= 15 is 0 Å². The van der Waals surface area contributed by atoms with Gasteiger partial charge in [-0.1, -0.05) is 66.4 Å². The molecule has 134 valence electrons. The third-order valence-electron chi connectivity index (χ3n) is 4.45. The topological polar surface area (TPSA) is 34.9 Å². The van der Waals surface area contributed by atoms with Crippen molar-refractivity contribution < 1.29 is 4.79 Å². The van der Waals surface area contributed by atoms with Crippen LogP contribution in [0, 0.1) is 6.92 Å². The van der Waals surface area contributed by atoms with E-state index in [1.165, 1.54) is 11.1 Å². The molecule has 0 unspecified atom stereocenters. The van der Waals surface area contributed by atoms with Gasteiger partial charge in [-0.15, -0.1) is 0 Å². The Labute approximate surface area is 159 Å². The molecule has 0 aliphatic rings. The number of aryl methyl sites for hydroxylation is 1. The third kappa shape index (κ3) is 4.64. The van der Waals surface area contributed by atoms with Gasteiger partial charge in [-0.2, -0.15) is 0 Å². The summed E-state index contributed by atoms with van der Waals surface area (Å²) in [5.41, 5.74) is 3.54. The molecule has 0 saturated carbocycles. The van der Waals surface area contributed by atoms with Gasteiger partial charge in [-0.3, -0.25) is 4.79 Å². The Balaban J connectivity index is 1.63. The SMILES string of the molecule is CCn1c(SCC(=O)Cc2ccccc2C)cnc1Cc1ccccc1. The number of hydrogen-bond acceptors (Lipinski definition) is 3. The second kappa shape index (κ2) is 8.86. The van der Waals surface area contributed by atoms with E-state index in [0.717, 1.165) is 29.4 Å². The standard InChI is InChI=1S/C22H24N2OS/c1-3-24-21(13-18-10-5-4-6-11-18)23-15-22(24)26-16-20(25)14-19-12-8-7-9-17(19)2/h4-12,15H,3,13-14,16H2,1-2H3. The van der Waals surface area contributed by atoms with Gasteiger partial charge in [0.25, 0.3) is 0 Å². The lowest BCUT2D eigenvalue weighted by molar-refractivity contribution is -0.116. The molecule has 0 spiro atoms. The molecular weight excluding hydrogens is 340 g/mol. The predicted molar refractivity (Wildman–Crippen MR) is 108 cm³/mol. The summed E-state index contributed by atoms with van der Waals surface area (Å²) in [4.78, 5) is 17.0. The largest absolute Gasteiger partial charge is 0.323 e. The van der Waals surface area contributed by atoms with Crippen LogP contribution in [-0.2, 0) is 24.2 Å². The molecule has 0 atom stereocenters. The zero-order valence-electron chi connectivity index (χ0n) is 15.3. The molecule has 0 saturated heterocycles. The van der Waals surface area contributed by atoms with E-state index in [9.17, 15) is 4.79 Å². The normalized spacial score (nSPS) is 10.8. The van der Waals surface area contributed by atoms with E-state index in [2.05, 4.69) is 53.7 Å². The molecule has 0 N–H and O–H groups in total. The van der Waals surface area contributed by atoms with Gasteiger partial charge >= 0.3 is 0 Å². The van der Waals surface area contributed by atoms with Crippen molar-refractivity contribution in [1.29, 1.82) is 0 Å². The van der Waals surface area contributed by atoms with Gasteiger partial charge < -0.3 is 4.57 Å². The number of thioether (sulfide) groups is 1. The van der Waals surface area contributed by atoms with Gasteiger partial charge in [-0.25, -0.2) is 4.98 Å². The lowest BCUT2D eigenvalue weighted by Crippen LogP contribution is -2.08. The Morgan fingerprint density at radius 1 is 1.08 bits per heavy atom. The molecule has 0 aliphatic heterocycles. The van der Waals surface area contributed by atoms with E-state index in [1.54, 1.807) is 11.8 Å². The van der Waals surface area contributed by atoms with Crippen LogP contribution in [0.4, 0.5) is 0 Å². The number of benzene rings is 2. The van der Waals surface area contributed by atoms with E-state index in [4.69, 9.17) is 0 Å². The molecule has 2 aromatic carbocycles. The van der Waals surface area contributed by atoms with Gasteiger partial charge in [0.2, 0.25) is 0 Å². The first-order valence-corrected chi connectivity index (χ1v) is 9.93. The van der Waals surface area contributed by atoms with Gasteiger partial charge in [0, 0.05) is 19.4 Å². The van der Waals surface area contributed by atoms with Crippen molar-refractivity contribution in [2.24, 2.45) is 0 Å². The van der Waals surface area contributed by atoms with E-state index < -0.39 is 0 Å². The molecule has 0 fully saturated rings. The van der Waals surface area contributed by atoms with Crippen LogP contribution in [0.5, 0.6) is 0 Å². The Kier molecular flexibility index (Phi) is 6.29. The highest BCUT2D eigenvalue weighted by molar-refractivity contribution is 7.99. The quantitative estimate of drug-likeness (QED) is 0.543. The summed E-state index contributed by atoms with van der Waals surface area (Å²) in [6, 6.07) is 18.4. The first-order chi connectivity index (χ1) is 12.7. The van der Waals surface area contributed by atoms with Crippen LogP contribution >= 0.6 is 11.8 Å². The fourth-order valence-electron chi connectivity index (χ4n) is 3.00. The van der Waals surface area contributed by atoms with Crippen molar-refractivity contribution >= 4 is 17.5 Å². The smallest absolute Gasteiger partial charge is 0.147 e. The molecular formula is C22H24N2OS. The molecule has 1 heterocycles. The van der Waals surface area contributed by atoms with Crippen molar-refractivity contribution in [2.75, 3.05) is 5.75 Å². The number of aromatic nitrogens is 2. The minimum absolute atomic E-state index is 0.248. The van der Waals surface area contributed by atoms with Crippen LogP contribution in [0.15, 0.2) is 65.8 Å². The fourth-order valence-corrected chi connectivity index (χ4v) is 3.92. The number of nitrogens with zero attached hydrogens (tertiary/aromatic N) is 2. The molecule has 3 rings (SSSR count). The summed E-state index contributed by atoms with van der Waals surface area (Å²) in [6.07, 6.45) is 3.21. The van der Waals surface area contributed by atoms with Crippen molar-refractivity contribution in [2.45, 2.75) is 38.3 Å². The molecule has 3 aromatic rings. The second-order valence-electron chi connectivity index (χ2n) is 6.35. The lowest BCUT2D eigenvalue weighted by atomic mass is 10.0. The Morgan fingerprint density at radius 2 is 1.81 bits per heavy atom. The number of rotatable bonds is 8.